The van der Waals surface area contributed by atoms with Gasteiger partial charge in [0.15, 0.2) is 0 Å². The number of nitrogens with zero attached hydrogens (tertiary/aromatic N) is 1. The largest absolute Gasteiger partial charge is 0.490 e. The van der Waals surface area contributed by atoms with Gasteiger partial charge >= 0.3 is 0 Å². The van der Waals surface area contributed by atoms with Crippen LogP contribution in [0.2, 0.25) is 0 Å². The van der Waals surface area contributed by atoms with Gasteiger partial charge in [-0.1, -0.05) is 24.3 Å². The highest BCUT2D eigenvalue weighted by Gasteiger charge is 2.16. The molecule has 0 bridgehead atoms. The number of benzene rings is 2. The average Bonchev–Trinajstić information content (AvgIpc) is 2.79. The number of carbonyl (C=O) groups excluding carboxylic acids is 1. The lowest BCUT2D eigenvalue weighted by atomic mass is 10.0. The Kier molecular flexibility index (Phi) is 10.3. The number of primary amides is 1. The second-order valence-corrected chi connectivity index (χ2v) is 7.54. The molecular formula is C24H35N3O4. The van der Waals surface area contributed by atoms with Gasteiger partial charge in [0.25, 0.3) is 5.91 Å². The predicted molar refractivity (Wildman–Crippen MR) is 124 cm³/mol. The van der Waals surface area contributed by atoms with Crippen molar-refractivity contribution in [2.75, 3.05) is 44.9 Å². The maximum atomic E-state index is 11.8. The number of hydrogen-bond donors (Lipinski definition) is 3. The zero-order valence-electron chi connectivity index (χ0n) is 18.7. The van der Waals surface area contributed by atoms with Crippen LogP contribution in [0.5, 0.6) is 5.75 Å². The van der Waals surface area contributed by atoms with Gasteiger partial charge in [-0.05, 0) is 50.1 Å². The summed E-state index contributed by atoms with van der Waals surface area (Å²) in [5, 5.41) is 13.9. The van der Waals surface area contributed by atoms with Crippen molar-refractivity contribution in [2.24, 2.45) is 5.73 Å². The Labute approximate surface area is 185 Å². The van der Waals surface area contributed by atoms with Crippen molar-refractivity contribution in [2.45, 2.75) is 32.4 Å². The molecule has 31 heavy (non-hydrogen) atoms. The smallest absolute Gasteiger partial charge is 0.252 e. The molecule has 0 aromatic heterocycles. The minimum Gasteiger partial charge on any atom is -0.490 e. The molecule has 7 heteroatoms. The molecule has 2 rings (SSSR count). The topological polar surface area (TPSA) is 97.1 Å². The lowest BCUT2D eigenvalue weighted by molar-refractivity contribution is 0.0978. The van der Waals surface area contributed by atoms with Gasteiger partial charge in [0.2, 0.25) is 0 Å². The van der Waals surface area contributed by atoms with E-state index in [1.165, 1.54) is 5.69 Å². The van der Waals surface area contributed by atoms with Gasteiger partial charge in [-0.25, -0.2) is 0 Å². The molecule has 0 aliphatic heterocycles. The summed E-state index contributed by atoms with van der Waals surface area (Å²) in [6, 6.07) is 15.5. The zero-order valence-corrected chi connectivity index (χ0v) is 18.7. The van der Waals surface area contributed by atoms with Gasteiger partial charge in [-0.2, -0.15) is 0 Å². The van der Waals surface area contributed by atoms with Crippen LogP contribution in [-0.2, 0) is 4.74 Å². The van der Waals surface area contributed by atoms with Crippen molar-refractivity contribution >= 4 is 11.6 Å². The molecule has 0 radical (unpaired) electrons. The molecule has 2 atom stereocenters. The van der Waals surface area contributed by atoms with E-state index >= 15 is 0 Å². The number of aliphatic hydroxyl groups is 1. The molecule has 0 aliphatic carbocycles. The highest BCUT2D eigenvalue weighted by Crippen LogP contribution is 2.23. The lowest BCUT2D eigenvalue weighted by Crippen LogP contribution is -2.33. The first-order valence-corrected chi connectivity index (χ1v) is 10.7. The van der Waals surface area contributed by atoms with E-state index in [2.05, 4.69) is 36.3 Å². The van der Waals surface area contributed by atoms with Gasteiger partial charge in [-0.3, -0.25) is 4.79 Å². The van der Waals surface area contributed by atoms with Gasteiger partial charge in [-0.15, -0.1) is 0 Å². The molecule has 0 saturated carbocycles. The normalized spacial score (nSPS) is 12.9. The molecule has 4 N–H and O–H groups in total. The number of para-hydroxylation sites is 1. The number of ether oxygens (including phenoxy) is 2. The van der Waals surface area contributed by atoms with Crippen LogP contribution in [0.4, 0.5) is 5.69 Å². The fourth-order valence-electron chi connectivity index (χ4n) is 3.16. The van der Waals surface area contributed by atoms with E-state index in [4.69, 9.17) is 15.2 Å². The summed E-state index contributed by atoms with van der Waals surface area (Å²) >= 11 is 0. The van der Waals surface area contributed by atoms with E-state index in [9.17, 15) is 9.90 Å². The summed E-state index contributed by atoms with van der Waals surface area (Å²) in [6.07, 6.45) is 0.168. The van der Waals surface area contributed by atoms with Crippen molar-refractivity contribution in [1.29, 1.82) is 0 Å². The van der Waals surface area contributed by atoms with E-state index in [1.54, 1.807) is 18.2 Å². The van der Waals surface area contributed by atoms with E-state index < -0.39 is 12.0 Å². The molecule has 0 saturated heterocycles. The number of rotatable bonds is 14. The molecule has 0 spiro atoms. The third kappa shape index (κ3) is 8.20. The minimum atomic E-state index is -0.759. The minimum absolute atomic E-state index is 0.220. The van der Waals surface area contributed by atoms with Crippen molar-refractivity contribution in [3.63, 3.8) is 0 Å². The first-order chi connectivity index (χ1) is 14.9. The summed E-state index contributed by atoms with van der Waals surface area (Å²) < 4.78 is 10.8. The zero-order chi connectivity index (χ0) is 22.6. The molecule has 0 fully saturated rings. The first kappa shape index (κ1) is 24.7. The number of nitrogens with two attached hydrogens (primary N) is 1. The van der Waals surface area contributed by atoms with Crippen LogP contribution in [0.15, 0.2) is 48.5 Å². The number of nitrogens with one attached hydrogen (secondary N) is 1. The number of carbonyl (C=O) groups is 1. The molecule has 2 aromatic carbocycles. The summed E-state index contributed by atoms with van der Waals surface area (Å²) in [5.41, 5.74) is 7.55. The number of anilines is 1. The SMILES string of the molecule is CCOCCOc1ccc(C(O)CNC(C)CCN(C)c2ccccc2)cc1C(N)=O. The Balaban J connectivity index is 1.85. The van der Waals surface area contributed by atoms with Crippen LogP contribution < -0.4 is 20.7 Å². The third-order valence-electron chi connectivity index (χ3n) is 5.10. The number of aliphatic hydroxyl groups excluding tert-OH is 1. The monoisotopic (exact) mass is 429 g/mol. The van der Waals surface area contributed by atoms with Gasteiger partial charge in [0, 0.05) is 38.5 Å². The van der Waals surface area contributed by atoms with Crippen LogP contribution in [0.3, 0.4) is 0 Å². The van der Waals surface area contributed by atoms with Crippen molar-refractivity contribution in [1.82, 2.24) is 5.32 Å². The van der Waals surface area contributed by atoms with Crippen molar-refractivity contribution < 1.29 is 19.4 Å². The van der Waals surface area contributed by atoms with Crippen LogP contribution in [0, 0.1) is 0 Å². The summed E-state index contributed by atoms with van der Waals surface area (Å²) in [5.74, 6) is -0.195. The summed E-state index contributed by atoms with van der Waals surface area (Å²) in [6.45, 7) is 6.63. The second kappa shape index (κ2) is 12.9. The van der Waals surface area contributed by atoms with Crippen LogP contribution in [0.25, 0.3) is 0 Å². The maximum Gasteiger partial charge on any atom is 0.252 e. The van der Waals surface area contributed by atoms with E-state index in [-0.39, 0.29) is 11.6 Å². The fourth-order valence-corrected chi connectivity index (χ4v) is 3.16. The predicted octanol–water partition coefficient (Wildman–Crippen LogP) is 2.74. The highest BCUT2D eigenvalue weighted by molar-refractivity contribution is 5.95. The van der Waals surface area contributed by atoms with E-state index in [0.717, 1.165) is 13.0 Å². The molecular weight excluding hydrogens is 394 g/mol. The molecule has 170 valence electrons. The molecule has 0 heterocycles. The van der Waals surface area contributed by atoms with Gasteiger partial charge in [0.05, 0.1) is 18.3 Å². The quantitative estimate of drug-likeness (QED) is 0.400. The van der Waals surface area contributed by atoms with Gasteiger partial charge < -0.3 is 30.5 Å². The number of hydrogen-bond acceptors (Lipinski definition) is 6. The fraction of sp³-hybridized carbons (Fsp3) is 0.458. The summed E-state index contributed by atoms with van der Waals surface area (Å²) in [4.78, 5) is 14.0. The van der Waals surface area contributed by atoms with E-state index in [0.29, 0.717) is 37.7 Å². The Morgan fingerprint density at radius 2 is 1.94 bits per heavy atom. The Bertz CT molecular complexity index is 801. The Morgan fingerprint density at radius 1 is 1.19 bits per heavy atom. The molecule has 1 amide bonds. The van der Waals surface area contributed by atoms with Crippen molar-refractivity contribution in [3.05, 3.63) is 59.7 Å². The van der Waals surface area contributed by atoms with E-state index in [1.807, 2.05) is 25.1 Å². The van der Waals surface area contributed by atoms with Gasteiger partial charge in [0.1, 0.15) is 12.4 Å². The Hall–Kier alpha value is -2.61. The second-order valence-electron chi connectivity index (χ2n) is 7.54. The molecule has 7 nitrogen and oxygen atoms in total. The standard InChI is InChI=1S/C24H35N3O4/c1-4-30-14-15-31-23-11-10-19(16-21(23)24(25)29)22(28)17-26-18(2)12-13-27(3)20-8-6-5-7-9-20/h5-11,16,18,22,26,28H,4,12-15,17H2,1-3H3,(H2,25,29). The molecule has 2 aromatic rings. The summed E-state index contributed by atoms with van der Waals surface area (Å²) in [7, 11) is 2.07. The highest BCUT2D eigenvalue weighted by atomic mass is 16.5. The maximum absolute atomic E-state index is 11.8. The van der Waals surface area contributed by atoms with Crippen LogP contribution in [-0.4, -0.2) is 57.0 Å². The molecule has 2 unspecified atom stereocenters. The first-order valence-electron chi connectivity index (χ1n) is 10.7. The Morgan fingerprint density at radius 3 is 2.61 bits per heavy atom. The lowest BCUT2D eigenvalue weighted by Gasteiger charge is -2.23. The van der Waals surface area contributed by atoms with Crippen molar-refractivity contribution in [3.8, 4) is 5.75 Å². The third-order valence-corrected chi connectivity index (χ3v) is 5.10. The number of amides is 1. The average molecular weight is 430 g/mol. The van der Waals surface area contributed by atoms with Crippen LogP contribution in [0.1, 0.15) is 42.3 Å². The molecule has 0 aliphatic rings. The van der Waals surface area contributed by atoms with Crippen LogP contribution >= 0.6 is 0 Å².